The average molecular weight is 326 g/mol. The van der Waals surface area contributed by atoms with Gasteiger partial charge in [-0.1, -0.05) is 11.6 Å². The van der Waals surface area contributed by atoms with Gasteiger partial charge in [-0.3, -0.25) is 0 Å². The lowest BCUT2D eigenvalue weighted by Crippen LogP contribution is -2.30. The third-order valence-electron chi connectivity index (χ3n) is 3.63. The summed E-state index contributed by atoms with van der Waals surface area (Å²) in [5, 5.41) is 3.31. The van der Waals surface area contributed by atoms with Crippen molar-refractivity contribution >= 4 is 34.3 Å². The normalized spacial score (nSPS) is 15.2. The van der Waals surface area contributed by atoms with Gasteiger partial charge in [-0.15, -0.1) is 11.3 Å². The molecule has 1 aromatic heterocycles. The van der Waals surface area contributed by atoms with Crippen molar-refractivity contribution < 1.29 is 4.39 Å². The van der Waals surface area contributed by atoms with Crippen molar-refractivity contribution in [3.63, 3.8) is 0 Å². The van der Waals surface area contributed by atoms with E-state index in [1.54, 1.807) is 12.3 Å². The molecular formula is C15H17ClFN3S. The Morgan fingerprint density at radius 2 is 2.10 bits per heavy atom. The van der Waals surface area contributed by atoms with Gasteiger partial charge in [0.25, 0.3) is 0 Å². The molecule has 1 fully saturated rings. The fourth-order valence-corrected chi connectivity index (χ4v) is 3.53. The number of benzene rings is 1. The smallest absolute Gasteiger partial charge is 0.183 e. The molecule has 0 bridgehead atoms. The van der Waals surface area contributed by atoms with E-state index in [2.05, 4.69) is 15.2 Å². The summed E-state index contributed by atoms with van der Waals surface area (Å²) < 4.78 is 14.1. The van der Waals surface area contributed by atoms with E-state index in [1.165, 1.54) is 36.7 Å². The lowest BCUT2D eigenvalue weighted by molar-refractivity contribution is 0.577. The molecule has 0 amide bonds. The van der Waals surface area contributed by atoms with E-state index in [4.69, 9.17) is 11.6 Å². The number of aromatic nitrogens is 1. The van der Waals surface area contributed by atoms with Crippen LogP contribution < -0.4 is 10.2 Å². The first-order valence-corrected chi connectivity index (χ1v) is 8.30. The minimum atomic E-state index is -0.222. The van der Waals surface area contributed by atoms with Crippen LogP contribution in [0.2, 0.25) is 4.47 Å². The van der Waals surface area contributed by atoms with Crippen LogP contribution in [-0.2, 0) is 6.54 Å². The maximum absolute atomic E-state index is 13.6. The van der Waals surface area contributed by atoms with Gasteiger partial charge in [0, 0.05) is 24.2 Å². The summed E-state index contributed by atoms with van der Waals surface area (Å²) in [7, 11) is 0. The molecule has 21 heavy (non-hydrogen) atoms. The van der Waals surface area contributed by atoms with Crippen molar-refractivity contribution in [2.24, 2.45) is 0 Å². The number of halogens is 2. The molecule has 0 spiro atoms. The van der Waals surface area contributed by atoms with Gasteiger partial charge in [-0.25, -0.2) is 9.37 Å². The average Bonchev–Trinajstić information content (AvgIpc) is 2.92. The van der Waals surface area contributed by atoms with Crippen molar-refractivity contribution in [2.45, 2.75) is 25.8 Å². The van der Waals surface area contributed by atoms with Crippen molar-refractivity contribution in [2.75, 3.05) is 23.3 Å². The summed E-state index contributed by atoms with van der Waals surface area (Å²) >= 11 is 7.27. The molecule has 1 aromatic carbocycles. The van der Waals surface area contributed by atoms with Crippen LogP contribution in [0.15, 0.2) is 24.4 Å². The van der Waals surface area contributed by atoms with Crippen LogP contribution in [0.25, 0.3) is 0 Å². The molecule has 0 saturated carbocycles. The van der Waals surface area contributed by atoms with Crippen molar-refractivity contribution in [3.8, 4) is 0 Å². The number of thiazole rings is 1. The minimum Gasteiger partial charge on any atom is -0.378 e. The summed E-state index contributed by atoms with van der Waals surface area (Å²) in [6.45, 7) is 2.67. The first-order chi connectivity index (χ1) is 10.2. The van der Waals surface area contributed by atoms with E-state index in [-0.39, 0.29) is 5.82 Å². The van der Waals surface area contributed by atoms with Gasteiger partial charge >= 0.3 is 0 Å². The third kappa shape index (κ3) is 3.66. The predicted molar refractivity (Wildman–Crippen MR) is 86.9 cm³/mol. The van der Waals surface area contributed by atoms with Crippen molar-refractivity contribution in [1.29, 1.82) is 0 Å². The highest BCUT2D eigenvalue weighted by atomic mass is 35.5. The Morgan fingerprint density at radius 1 is 1.29 bits per heavy atom. The second-order valence-corrected chi connectivity index (χ2v) is 6.84. The number of hydrogen-bond acceptors (Lipinski definition) is 4. The molecule has 1 aliphatic rings. The van der Waals surface area contributed by atoms with Crippen LogP contribution in [0.3, 0.4) is 0 Å². The van der Waals surface area contributed by atoms with Crippen LogP contribution in [-0.4, -0.2) is 18.1 Å². The van der Waals surface area contributed by atoms with Gasteiger partial charge in [0.15, 0.2) is 4.47 Å². The summed E-state index contributed by atoms with van der Waals surface area (Å²) in [6.07, 6.45) is 5.42. The zero-order chi connectivity index (χ0) is 14.7. The number of nitrogens with one attached hydrogen (secondary N) is 1. The number of piperidine rings is 1. The van der Waals surface area contributed by atoms with Gasteiger partial charge in [0.1, 0.15) is 5.82 Å². The Labute approximate surface area is 132 Å². The van der Waals surface area contributed by atoms with Gasteiger partial charge < -0.3 is 10.2 Å². The summed E-state index contributed by atoms with van der Waals surface area (Å²) in [5.74, 6) is -0.222. The van der Waals surface area contributed by atoms with Gasteiger partial charge in [-0.05, 0) is 37.5 Å². The molecule has 6 heteroatoms. The summed E-state index contributed by atoms with van der Waals surface area (Å²) in [6, 6.07) is 4.95. The van der Waals surface area contributed by atoms with E-state index in [0.29, 0.717) is 11.0 Å². The second-order valence-electron chi connectivity index (χ2n) is 5.14. The molecule has 2 aromatic rings. The van der Waals surface area contributed by atoms with Crippen LogP contribution >= 0.6 is 22.9 Å². The number of anilines is 2. The van der Waals surface area contributed by atoms with Crippen LogP contribution in [0, 0.1) is 5.82 Å². The van der Waals surface area contributed by atoms with E-state index in [1.807, 2.05) is 6.07 Å². The fourth-order valence-electron chi connectivity index (χ4n) is 2.61. The largest absolute Gasteiger partial charge is 0.378 e. The molecule has 2 heterocycles. The van der Waals surface area contributed by atoms with E-state index in [9.17, 15) is 4.39 Å². The Morgan fingerprint density at radius 3 is 2.81 bits per heavy atom. The van der Waals surface area contributed by atoms with Gasteiger partial charge in [0.2, 0.25) is 0 Å². The zero-order valence-corrected chi connectivity index (χ0v) is 13.2. The quantitative estimate of drug-likeness (QED) is 0.894. The predicted octanol–water partition coefficient (Wildman–Crippen LogP) is 4.54. The Kier molecular flexibility index (Phi) is 4.60. The highest BCUT2D eigenvalue weighted by Crippen LogP contribution is 2.30. The SMILES string of the molecule is Fc1ccc(N2CCCCC2)c(NCc2cnc(Cl)s2)c1. The molecule has 0 unspecified atom stereocenters. The number of rotatable bonds is 4. The third-order valence-corrected chi connectivity index (χ3v) is 4.75. The lowest BCUT2D eigenvalue weighted by atomic mass is 10.1. The second kappa shape index (κ2) is 6.62. The van der Waals surface area contributed by atoms with Crippen LogP contribution in [0.4, 0.5) is 15.8 Å². The Bertz CT molecular complexity index is 611. The van der Waals surface area contributed by atoms with E-state index >= 15 is 0 Å². The molecule has 0 aliphatic carbocycles. The topological polar surface area (TPSA) is 28.2 Å². The fraction of sp³-hybridized carbons (Fsp3) is 0.400. The molecule has 3 nitrogen and oxygen atoms in total. The van der Waals surface area contributed by atoms with Crippen LogP contribution in [0.1, 0.15) is 24.1 Å². The first kappa shape index (κ1) is 14.6. The highest BCUT2D eigenvalue weighted by molar-refractivity contribution is 7.15. The molecular weight excluding hydrogens is 309 g/mol. The maximum atomic E-state index is 13.6. The summed E-state index contributed by atoms with van der Waals surface area (Å²) in [4.78, 5) is 7.38. The first-order valence-electron chi connectivity index (χ1n) is 7.11. The molecule has 0 atom stereocenters. The minimum absolute atomic E-state index is 0.222. The Balaban J connectivity index is 1.77. The van der Waals surface area contributed by atoms with Crippen LogP contribution in [0.5, 0.6) is 0 Å². The molecule has 0 radical (unpaired) electrons. The zero-order valence-electron chi connectivity index (χ0n) is 11.6. The standard InChI is InChI=1S/C15H17ClFN3S/c16-15-19-10-12(21-15)9-18-13-8-11(17)4-5-14(13)20-6-2-1-3-7-20/h4-5,8,10,18H,1-3,6-7,9H2. The Hall–Kier alpha value is -1.33. The van der Waals surface area contributed by atoms with Crippen molar-refractivity contribution in [1.82, 2.24) is 4.98 Å². The van der Waals surface area contributed by atoms with E-state index < -0.39 is 0 Å². The molecule has 1 N–H and O–H groups in total. The lowest BCUT2D eigenvalue weighted by Gasteiger charge is -2.30. The molecule has 3 rings (SSSR count). The monoisotopic (exact) mass is 325 g/mol. The number of hydrogen-bond donors (Lipinski definition) is 1. The van der Waals surface area contributed by atoms with Gasteiger partial charge in [-0.2, -0.15) is 0 Å². The maximum Gasteiger partial charge on any atom is 0.183 e. The number of nitrogens with zero attached hydrogens (tertiary/aromatic N) is 2. The molecule has 1 aliphatic heterocycles. The molecule has 112 valence electrons. The van der Waals surface area contributed by atoms with Crippen molar-refractivity contribution in [3.05, 3.63) is 39.6 Å². The molecule has 1 saturated heterocycles. The van der Waals surface area contributed by atoms with E-state index in [0.717, 1.165) is 29.3 Å². The summed E-state index contributed by atoms with van der Waals surface area (Å²) in [5.41, 5.74) is 1.91. The van der Waals surface area contributed by atoms with Gasteiger partial charge in [0.05, 0.1) is 17.9 Å². The highest BCUT2D eigenvalue weighted by Gasteiger charge is 2.15.